The summed E-state index contributed by atoms with van der Waals surface area (Å²) >= 11 is 0.607. The van der Waals surface area contributed by atoms with E-state index in [1.165, 1.54) is 34.5 Å². The molecule has 1 saturated heterocycles. The van der Waals surface area contributed by atoms with E-state index in [4.69, 9.17) is 18.9 Å². The molecule has 0 atom stereocenters. The number of amides is 3. The van der Waals surface area contributed by atoms with Crippen molar-refractivity contribution in [3.63, 3.8) is 0 Å². The first-order chi connectivity index (χ1) is 17.0. The van der Waals surface area contributed by atoms with Gasteiger partial charge in [-0.3, -0.25) is 19.3 Å². The summed E-state index contributed by atoms with van der Waals surface area (Å²) in [6.07, 6.45) is -3.22. The van der Waals surface area contributed by atoms with Crippen molar-refractivity contribution in [2.24, 2.45) is 0 Å². The predicted octanol–water partition coefficient (Wildman–Crippen LogP) is 4.41. The van der Waals surface area contributed by atoms with Gasteiger partial charge < -0.3 is 24.3 Å². The molecule has 0 spiro atoms. The standard InChI is InChI=1S/C23H21F3N2O7S/c1-32-15-6-5-13(23(24,25)26)10-14(15)27-19(29)11-28-21(30)18(36-22(28)31)9-12-7-16(33-2)20(35-4)17(8-12)34-3/h5-10H,11H2,1-4H3,(H,27,29)/b18-9-. The van der Waals surface area contributed by atoms with Gasteiger partial charge in [0.05, 0.1) is 44.6 Å². The van der Waals surface area contributed by atoms with Crippen LogP contribution in [0.1, 0.15) is 11.1 Å². The van der Waals surface area contributed by atoms with Crippen LogP contribution in [0.5, 0.6) is 23.0 Å². The molecule has 9 nitrogen and oxygen atoms in total. The molecule has 0 aliphatic carbocycles. The molecule has 1 fully saturated rings. The van der Waals surface area contributed by atoms with Crippen LogP contribution in [0, 0.1) is 0 Å². The first kappa shape index (κ1) is 26.7. The number of carbonyl (C=O) groups is 3. The van der Waals surface area contributed by atoms with Crippen LogP contribution in [0.25, 0.3) is 6.08 Å². The topological polar surface area (TPSA) is 103 Å². The summed E-state index contributed by atoms with van der Waals surface area (Å²) in [5.41, 5.74) is -0.788. The maximum absolute atomic E-state index is 13.0. The highest BCUT2D eigenvalue weighted by atomic mass is 32.2. The van der Waals surface area contributed by atoms with E-state index in [0.717, 1.165) is 12.1 Å². The van der Waals surface area contributed by atoms with Crippen molar-refractivity contribution < 1.29 is 46.5 Å². The largest absolute Gasteiger partial charge is 0.495 e. The van der Waals surface area contributed by atoms with Gasteiger partial charge in [-0.1, -0.05) is 0 Å². The number of nitrogens with one attached hydrogen (secondary N) is 1. The Balaban J connectivity index is 1.80. The number of nitrogens with zero attached hydrogens (tertiary/aromatic N) is 1. The third kappa shape index (κ3) is 5.67. The summed E-state index contributed by atoms with van der Waals surface area (Å²) < 4.78 is 59.9. The molecule has 0 aromatic heterocycles. The summed E-state index contributed by atoms with van der Waals surface area (Å²) in [6.45, 7) is -0.712. The molecule has 0 bridgehead atoms. The van der Waals surface area contributed by atoms with Gasteiger partial charge >= 0.3 is 6.18 Å². The minimum atomic E-state index is -4.64. The maximum atomic E-state index is 13.0. The van der Waals surface area contributed by atoms with Crippen LogP contribution >= 0.6 is 11.8 Å². The highest BCUT2D eigenvalue weighted by Crippen LogP contribution is 2.40. The van der Waals surface area contributed by atoms with Gasteiger partial charge in [-0.2, -0.15) is 13.2 Å². The van der Waals surface area contributed by atoms with Crippen LogP contribution < -0.4 is 24.3 Å². The number of anilines is 1. The fraction of sp³-hybridized carbons (Fsp3) is 0.261. The SMILES string of the molecule is COc1ccc(C(F)(F)F)cc1NC(=O)CN1C(=O)S/C(=C\c2cc(OC)c(OC)c(OC)c2)C1=O. The van der Waals surface area contributed by atoms with Crippen LogP contribution in [0.15, 0.2) is 35.2 Å². The number of benzene rings is 2. The Labute approximate surface area is 208 Å². The maximum Gasteiger partial charge on any atom is 0.416 e. The number of carbonyl (C=O) groups excluding carboxylic acids is 3. The van der Waals surface area contributed by atoms with Gasteiger partial charge in [0.2, 0.25) is 11.7 Å². The number of hydrogen-bond acceptors (Lipinski definition) is 8. The smallest absolute Gasteiger partial charge is 0.416 e. The lowest BCUT2D eigenvalue weighted by Gasteiger charge is -2.16. The van der Waals surface area contributed by atoms with E-state index in [2.05, 4.69) is 5.32 Å². The molecule has 0 radical (unpaired) electrons. The Morgan fingerprint density at radius 1 is 0.972 bits per heavy atom. The third-order valence-corrected chi connectivity index (χ3v) is 5.87. The average Bonchev–Trinajstić information content (AvgIpc) is 3.09. The average molecular weight is 526 g/mol. The molecule has 1 heterocycles. The number of methoxy groups -OCH3 is 4. The number of halogens is 3. The van der Waals surface area contributed by atoms with Crippen molar-refractivity contribution in [2.45, 2.75) is 6.18 Å². The van der Waals surface area contributed by atoms with Gasteiger partial charge in [-0.15, -0.1) is 0 Å². The second kappa shape index (κ2) is 10.8. The molecule has 36 heavy (non-hydrogen) atoms. The number of ether oxygens (including phenoxy) is 4. The molecule has 3 amide bonds. The van der Waals surface area contributed by atoms with E-state index < -0.39 is 35.3 Å². The summed E-state index contributed by atoms with van der Waals surface area (Å²) in [4.78, 5) is 38.5. The van der Waals surface area contributed by atoms with E-state index >= 15 is 0 Å². The van der Waals surface area contributed by atoms with Crippen molar-refractivity contribution in [1.82, 2.24) is 4.90 Å². The number of hydrogen-bond donors (Lipinski definition) is 1. The van der Waals surface area contributed by atoms with E-state index in [-0.39, 0.29) is 16.3 Å². The van der Waals surface area contributed by atoms with E-state index in [9.17, 15) is 27.6 Å². The Bertz CT molecular complexity index is 1210. The van der Waals surface area contributed by atoms with Crippen LogP contribution in [0.2, 0.25) is 0 Å². The zero-order valence-electron chi connectivity index (χ0n) is 19.5. The van der Waals surface area contributed by atoms with Crippen molar-refractivity contribution in [2.75, 3.05) is 40.3 Å². The van der Waals surface area contributed by atoms with Gasteiger partial charge in [0, 0.05) is 0 Å². The van der Waals surface area contributed by atoms with Gasteiger partial charge in [0.25, 0.3) is 11.1 Å². The molecule has 3 rings (SSSR count). The first-order valence-corrected chi connectivity index (χ1v) is 10.9. The molecule has 0 saturated carbocycles. The minimum absolute atomic E-state index is 0.0206. The molecule has 2 aromatic rings. The number of imide groups is 1. The first-order valence-electron chi connectivity index (χ1n) is 10.1. The minimum Gasteiger partial charge on any atom is -0.495 e. The molecule has 2 aromatic carbocycles. The second-order valence-electron chi connectivity index (χ2n) is 7.19. The Kier molecular flexibility index (Phi) is 8.03. The Morgan fingerprint density at radius 3 is 2.11 bits per heavy atom. The summed E-state index contributed by atoms with van der Waals surface area (Å²) in [5.74, 6) is -0.651. The summed E-state index contributed by atoms with van der Waals surface area (Å²) in [5, 5.41) is 1.55. The van der Waals surface area contributed by atoms with Crippen LogP contribution in [0.3, 0.4) is 0 Å². The molecule has 192 valence electrons. The fourth-order valence-electron chi connectivity index (χ4n) is 3.29. The van der Waals surface area contributed by atoms with Gasteiger partial charge in [-0.05, 0) is 53.7 Å². The molecule has 0 unspecified atom stereocenters. The summed E-state index contributed by atoms with van der Waals surface area (Å²) in [6, 6.07) is 5.70. The third-order valence-electron chi connectivity index (χ3n) is 4.96. The zero-order chi connectivity index (χ0) is 26.6. The molecular weight excluding hydrogens is 505 g/mol. The number of rotatable bonds is 8. The van der Waals surface area contributed by atoms with Crippen molar-refractivity contribution in [3.8, 4) is 23.0 Å². The normalized spacial score (nSPS) is 14.8. The lowest BCUT2D eigenvalue weighted by Crippen LogP contribution is -2.36. The van der Waals surface area contributed by atoms with E-state index in [0.29, 0.717) is 45.5 Å². The fourth-order valence-corrected chi connectivity index (χ4v) is 4.13. The predicted molar refractivity (Wildman–Crippen MR) is 125 cm³/mol. The quantitative estimate of drug-likeness (QED) is 0.505. The van der Waals surface area contributed by atoms with Crippen molar-refractivity contribution >= 4 is 40.6 Å². The highest BCUT2D eigenvalue weighted by Gasteiger charge is 2.37. The molecule has 13 heteroatoms. The Morgan fingerprint density at radius 2 is 1.58 bits per heavy atom. The van der Waals surface area contributed by atoms with Crippen LogP contribution in [-0.4, -0.2) is 56.9 Å². The Hall–Kier alpha value is -3.87. The highest BCUT2D eigenvalue weighted by molar-refractivity contribution is 8.18. The second-order valence-corrected chi connectivity index (χ2v) is 8.18. The monoisotopic (exact) mass is 526 g/mol. The van der Waals surface area contributed by atoms with Crippen molar-refractivity contribution in [3.05, 3.63) is 46.4 Å². The number of thioether (sulfide) groups is 1. The lowest BCUT2D eigenvalue weighted by atomic mass is 10.1. The lowest BCUT2D eigenvalue weighted by molar-refractivity contribution is -0.137. The van der Waals surface area contributed by atoms with E-state index in [1.54, 1.807) is 12.1 Å². The number of alkyl halides is 3. The van der Waals surface area contributed by atoms with Crippen LogP contribution in [-0.2, 0) is 15.8 Å². The van der Waals surface area contributed by atoms with Gasteiger partial charge in [0.1, 0.15) is 12.3 Å². The van der Waals surface area contributed by atoms with Crippen molar-refractivity contribution in [1.29, 1.82) is 0 Å². The van der Waals surface area contributed by atoms with E-state index in [1.807, 2.05) is 0 Å². The summed E-state index contributed by atoms with van der Waals surface area (Å²) in [7, 11) is 5.51. The van der Waals surface area contributed by atoms with Gasteiger partial charge in [-0.25, -0.2) is 0 Å². The molecule has 1 N–H and O–H groups in total. The molecular formula is C23H21F3N2O7S. The van der Waals surface area contributed by atoms with Crippen LogP contribution in [0.4, 0.5) is 23.7 Å². The molecule has 1 aliphatic heterocycles. The zero-order valence-corrected chi connectivity index (χ0v) is 20.3. The van der Waals surface area contributed by atoms with Gasteiger partial charge in [0.15, 0.2) is 11.5 Å². The molecule has 1 aliphatic rings.